The number of amides is 5. The van der Waals surface area contributed by atoms with Gasteiger partial charge < -0.3 is 19.5 Å². The maximum atomic E-state index is 12.4. The van der Waals surface area contributed by atoms with Gasteiger partial charge in [0.25, 0.3) is 22.3 Å². The molecule has 0 bridgehead atoms. The number of anilines is 2. The number of nitrogens with zero attached hydrogens (tertiary/aromatic N) is 1. The average molecular weight is 625 g/mol. The standard InChI is InChI=1S/C17H18N2O5S.C12H10N2O3S/c1-17(2,3)24-16(22)19-6-7-23-12-5-4-10(8-11(12)19)9-13-14(20)18-15(21)25-13;15-11-10(18-12(16)14-11)6-7-1-2-9-8(5-7)13-3-4-17-9/h4-5,8-9H,6-7H2,1-3H3,(H,18,20,21);1-2,5-6,13H,3-4H2,(H,14,15,16). The number of carbonyl (C=O) groups excluding carboxylic acids is 5. The summed E-state index contributed by atoms with van der Waals surface area (Å²) in [6.07, 6.45) is 2.85. The van der Waals surface area contributed by atoms with Gasteiger partial charge in [-0.05, 0) is 91.8 Å². The number of ether oxygens (including phenoxy) is 3. The van der Waals surface area contributed by atoms with E-state index in [2.05, 4.69) is 16.0 Å². The zero-order valence-electron chi connectivity index (χ0n) is 23.5. The minimum Gasteiger partial charge on any atom is -0.490 e. The fourth-order valence-electron chi connectivity index (χ4n) is 4.22. The van der Waals surface area contributed by atoms with Gasteiger partial charge in [0, 0.05) is 6.54 Å². The molecule has 5 amide bonds. The van der Waals surface area contributed by atoms with Gasteiger partial charge >= 0.3 is 6.09 Å². The molecule has 2 saturated heterocycles. The Morgan fingerprint density at radius 3 is 2.02 bits per heavy atom. The number of rotatable bonds is 2. The van der Waals surface area contributed by atoms with Gasteiger partial charge in [0.2, 0.25) is 0 Å². The first kappa shape index (κ1) is 30.0. The van der Waals surface area contributed by atoms with Gasteiger partial charge in [0.1, 0.15) is 30.3 Å². The molecule has 4 aliphatic rings. The van der Waals surface area contributed by atoms with Gasteiger partial charge in [-0.3, -0.25) is 34.7 Å². The lowest BCUT2D eigenvalue weighted by atomic mass is 10.1. The van der Waals surface area contributed by atoms with E-state index < -0.39 is 22.8 Å². The van der Waals surface area contributed by atoms with Crippen LogP contribution in [-0.4, -0.2) is 60.3 Å². The van der Waals surface area contributed by atoms with Gasteiger partial charge in [0.05, 0.1) is 27.7 Å². The average Bonchev–Trinajstić information content (AvgIpc) is 3.44. The lowest BCUT2D eigenvalue weighted by molar-refractivity contribution is -0.116. The molecule has 14 heteroatoms. The Morgan fingerprint density at radius 2 is 1.44 bits per heavy atom. The summed E-state index contributed by atoms with van der Waals surface area (Å²) in [5, 5.41) is 6.93. The Balaban J connectivity index is 0.000000180. The molecule has 2 fully saturated rings. The van der Waals surface area contributed by atoms with Crippen molar-refractivity contribution in [1.82, 2.24) is 10.6 Å². The molecule has 0 aromatic heterocycles. The molecule has 0 spiro atoms. The summed E-state index contributed by atoms with van der Waals surface area (Å²) < 4.78 is 16.5. The Hall–Kier alpha value is -4.43. The summed E-state index contributed by atoms with van der Waals surface area (Å²) in [5.74, 6) is 0.613. The van der Waals surface area contributed by atoms with Gasteiger partial charge in [-0.25, -0.2) is 4.79 Å². The van der Waals surface area contributed by atoms with Crippen molar-refractivity contribution in [1.29, 1.82) is 0 Å². The number of fused-ring (bicyclic) bond motifs is 2. The van der Waals surface area contributed by atoms with Crippen LogP contribution in [0.15, 0.2) is 46.2 Å². The van der Waals surface area contributed by atoms with Crippen LogP contribution >= 0.6 is 23.5 Å². The second-order valence-corrected chi connectivity index (χ2v) is 12.5. The molecule has 0 atom stereocenters. The predicted octanol–water partition coefficient (Wildman–Crippen LogP) is 4.96. The quantitative estimate of drug-likeness (QED) is 0.389. The normalized spacial score (nSPS) is 19.3. The Morgan fingerprint density at radius 1 is 0.860 bits per heavy atom. The maximum Gasteiger partial charge on any atom is 0.415 e. The topological polar surface area (TPSA) is 152 Å². The summed E-state index contributed by atoms with van der Waals surface area (Å²) in [4.78, 5) is 60.1. The maximum absolute atomic E-state index is 12.4. The van der Waals surface area contributed by atoms with Crippen molar-refractivity contribution in [2.45, 2.75) is 26.4 Å². The third-order valence-electron chi connectivity index (χ3n) is 6.02. The van der Waals surface area contributed by atoms with Crippen LogP contribution in [0.1, 0.15) is 31.9 Å². The summed E-state index contributed by atoms with van der Waals surface area (Å²) in [7, 11) is 0. The van der Waals surface area contributed by atoms with E-state index in [1.54, 1.807) is 51.1 Å². The number of carbonyl (C=O) groups is 5. The van der Waals surface area contributed by atoms with E-state index in [9.17, 15) is 24.0 Å². The fraction of sp³-hybridized carbons (Fsp3) is 0.276. The first-order valence-electron chi connectivity index (χ1n) is 13.2. The van der Waals surface area contributed by atoms with Crippen LogP contribution in [-0.2, 0) is 14.3 Å². The van der Waals surface area contributed by atoms with Crippen LogP contribution in [0.3, 0.4) is 0 Å². The Bertz CT molecular complexity index is 1580. The lowest BCUT2D eigenvalue weighted by Crippen LogP contribution is -2.41. The third kappa shape index (κ3) is 7.51. The molecule has 6 rings (SSSR count). The molecule has 0 radical (unpaired) electrons. The molecular formula is C29H28N4O8S2. The number of imide groups is 2. The van der Waals surface area contributed by atoms with Crippen molar-refractivity contribution in [2.24, 2.45) is 0 Å². The minimum atomic E-state index is -0.603. The molecule has 12 nitrogen and oxygen atoms in total. The third-order valence-corrected chi connectivity index (χ3v) is 7.64. The van der Waals surface area contributed by atoms with Crippen molar-refractivity contribution >= 4 is 75.4 Å². The van der Waals surface area contributed by atoms with Gasteiger partial charge in [0.15, 0.2) is 0 Å². The zero-order chi connectivity index (χ0) is 30.7. The van der Waals surface area contributed by atoms with Crippen LogP contribution in [0, 0.1) is 0 Å². The van der Waals surface area contributed by atoms with Gasteiger partial charge in [-0.15, -0.1) is 0 Å². The van der Waals surface area contributed by atoms with Gasteiger partial charge in [-0.2, -0.15) is 0 Å². The molecule has 4 aliphatic heterocycles. The number of benzene rings is 2. The van der Waals surface area contributed by atoms with E-state index in [-0.39, 0.29) is 11.1 Å². The van der Waals surface area contributed by atoms with E-state index in [4.69, 9.17) is 14.2 Å². The zero-order valence-corrected chi connectivity index (χ0v) is 25.1. The van der Waals surface area contributed by atoms with Crippen LogP contribution in [0.25, 0.3) is 12.2 Å². The SMILES string of the molecule is CC(C)(C)OC(=O)N1CCOc2ccc(C=C3SC(=O)NC3=O)cc21.O=C1NC(=O)C(=Cc2ccc3c(c2)NCCO3)S1. The van der Waals surface area contributed by atoms with E-state index in [1.165, 1.54) is 4.90 Å². The molecule has 4 heterocycles. The molecule has 2 aromatic rings. The number of nitrogens with one attached hydrogen (secondary N) is 3. The van der Waals surface area contributed by atoms with Gasteiger partial charge in [-0.1, -0.05) is 12.1 Å². The molecule has 3 N–H and O–H groups in total. The summed E-state index contributed by atoms with van der Waals surface area (Å²) >= 11 is 1.76. The fourth-order valence-corrected chi connectivity index (χ4v) is 5.59. The summed E-state index contributed by atoms with van der Waals surface area (Å²) in [5.41, 5.74) is 2.42. The number of hydrogen-bond donors (Lipinski definition) is 3. The molecule has 43 heavy (non-hydrogen) atoms. The monoisotopic (exact) mass is 624 g/mol. The number of hydrogen-bond acceptors (Lipinski definition) is 11. The van der Waals surface area contributed by atoms with Crippen LogP contribution < -0.4 is 30.3 Å². The molecule has 0 saturated carbocycles. The number of thioether (sulfide) groups is 2. The van der Waals surface area contributed by atoms with E-state index in [1.807, 2.05) is 18.2 Å². The van der Waals surface area contributed by atoms with Crippen molar-refractivity contribution < 1.29 is 38.2 Å². The first-order valence-corrected chi connectivity index (χ1v) is 14.9. The van der Waals surface area contributed by atoms with Crippen LogP contribution in [0.5, 0.6) is 11.5 Å². The Kier molecular flexibility index (Phi) is 8.69. The highest BCUT2D eigenvalue weighted by Gasteiger charge is 2.29. The predicted molar refractivity (Wildman–Crippen MR) is 164 cm³/mol. The Labute approximate surface area is 255 Å². The molecule has 224 valence electrons. The largest absolute Gasteiger partial charge is 0.490 e. The second-order valence-electron chi connectivity index (χ2n) is 10.4. The highest BCUT2D eigenvalue weighted by Crippen LogP contribution is 2.35. The minimum absolute atomic E-state index is 0.311. The van der Waals surface area contributed by atoms with Crippen LogP contribution in [0.2, 0.25) is 0 Å². The first-order chi connectivity index (χ1) is 20.4. The molecular weight excluding hydrogens is 596 g/mol. The highest BCUT2D eigenvalue weighted by atomic mass is 32.2. The lowest BCUT2D eigenvalue weighted by Gasteiger charge is -2.31. The summed E-state index contributed by atoms with van der Waals surface area (Å²) in [6.45, 7) is 7.58. The van der Waals surface area contributed by atoms with Crippen molar-refractivity contribution in [3.63, 3.8) is 0 Å². The van der Waals surface area contributed by atoms with Crippen molar-refractivity contribution in [3.05, 3.63) is 57.3 Å². The smallest absolute Gasteiger partial charge is 0.415 e. The molecule has 0 unspecified atom stereocenters. The van der Waals surface area contributed by atoms with Crippen LogP contribution in [0.4, 0.5) is 25.8 Å². The van der Waals surface area contributed by atoms with Crippen molar-refractivity contribution in [3.8, 4) is 11.5 Å². The van der Waals surface area contributed by atoms with E-state index >= 15 is 0 Å². The highest BCUT2D eigenvalue weighted by molar-refractivity contribution is 8.18. The van der Waals surface area contributed by atoms with E-state index in [0.29, 0.717) is 46.6 Å². The van der Waals surface area contributed by atoms with Crippen molar-refractivity contribution in [2.75, 3.05) is 36.5 Å². The molecule has 2 aromatic carbocycles. The second kappa shape index (κ2) is 12.4. The molecule has 0 aliphatic carbocycles. The summed E-state index contributed by atoms with van der Waals surface area (Å²) in [6, 6.07) is 10.8. The van der Waals surface area contributed by atoms with E-state index in [0.717, 1.165) is 47.1 Å².